The van der Waals surface area contributed by atoms with Gasteiger partial charge in [-0.15, -0.1) is 0 Å². The molecule has 0 spiro atoms. The molecular formula is C37H48N8O5S. The van der Waals surface area contributed by atoms with Crippen molar-refractivity contribution in [3.05, 3.63) is 70.4 Å². The van der Waals surface area contributed by atoms with Gasteiger partial charge in [0.05, 0.1) is 29.7 Å². The molecule has 2 atom stereocenters. The molecule has 6 rings (SSSR count). The smallest absolute Gasteiger partial charge is 0.326 e. The zero-order valence-electron chi connectivity index (χ0n) is 29.5. The van der Waals surface area contributed by atoms with Crippen LogP contribution in [0, 0.1) is 5.92 Å². The van der Waals surface area contributed by atoms with Crippen molar-refractivity contribution < 1.29 is 19.5 Å². The quantitative estimate of drug-likeness (QED) is 0.222. The van der Waals surface area contributed by atoms with E-state index in [1.165, 1.54) is 0 Å². The van der Waals surface area contributed by atoms with Crippen LogP contribution in [0.1, 0.15) is 87.1 Å². The topological polar surface area (TPSA) is 167 Å². The number of aliphatic hydroxyl groups is 1. The number of thioether (sulfide) groups is 1. The Balaban J connectivity index is 1.33. The Morgan fingerprint density at radius 1 is 1.00 bits per heavy atom. The van der Waals surface area contributed by atoms with Gasteiger partial charge in [0.15, 0.2) is 11.6 Å². The Morgan fingerprint density at radius 3 is 2.49 bits per heavy atom. The Labute approximate surface area is 301 Å². The monoisotopic (exact) mass is 716 g/mol. The highest BCUT2D eigenvalue weighted by molar-refractivity contribution is 7.98. The number of nitrogens with one attached hydrogen (secondary N) is 3. The van der Waals surface area contributed by atoms with Gasteiger partial charge in [0.25, 0.3) is 5.91 Å². The van der Waals surface area contributed by atoms with Crippen LogP contribution in [0.4, 0.5) is 0 Å². The van der Waals surface area contributed by atoms with E-state index in [1.807, 2.05) is 56.5 Å². The van der Waals surface area contributed by atoms with Gasteiger partial charge < -0.3 is 25.6 Å². The van der Waals surface area contributed by atoms with E-state index in [-0.39, 0.29) is 54.4 Å². The third-order valence-corrected chi connectivity index (χ3v) is 10.6. The molecule has 0 radical (unpaired) electrons. The average Bonchev–Trinajstić information content (AvgIpc) is 3.70. The highest BCUT2D eigenvalue weighted by atomic mass is 32.2. The number of carbonyl (C=O) groups excluding carboxylic acids is 3. The van der Waals surface area contributed by atoms with Crippen LogP contribution in [0.3, 0.4) is 0 Å². The van der Waals surface area contributed by atoms with Crippen molar-refractivity contribution in [1.29, 1.82) is 0 Å². The Morgan fingerprint density at radius 2 is 1.76 bits per heavy atom. The Hall–Kier alpha value is -4.43. The van der Waals surface area contributed by atoms with Crippen molar-refractivity contribution in [2.75, 3.05) is 25.1 Å². The van der Waals surface area contributed by atoms with Gasteiger partial charge in [-0.3, -0.25) is 19.0 Å². The van der Waals surface area contributed by atoms with Crippen molar-refractivity contribution in [3.8, 4) is 11.4 Å². The maximum atomic E-state index is 14.2. The summed E-state index contributed by atoms with van der Waals surface area (Å²) in [7, 11) is 0. The van der Waals surface area contributed by atoms with E-state index in [0.717, 1.165) is 11.1 Å². The van der Waals surface area contributed by atoms with Gasteiger partial charge in [0.2, 0.25) is 11.8 Å². The molecule has 3 amide bonds. The van der Waals surface area contributed by atoms with Crippen molar-refractivity contribution in [1.82, 2.24) is 39.8 Å². The highest BCUT2D eigenvalue weighted by Crippen LogP contribution is 2.30. The van der Waals surface area contributed by atoms with Crippen LogP contribution in [0.25, 0.3) is 22.4 Å². The number of nitrogens with zero attached hydrogens (tertiary/aromatic N) is 5. The first-order valence-corrected chi connectivity index (χ1v) is 19.3. The van der Waals surface area contributed by atoms with E-state index < -0.39 is 12.1 Å². The predicted octanol–water partition coefficient (Wildman–Crippen LogP) is 4.05. The molecule has 0 bridgehead atoms. The zero-order valence-corrected chi connectivity index (χ0v) is 30.3. The van der Waals surface area contributed by atoms with E-state index in [1.54, 1.807) is 38.0 Å². The summed E-state index contributed by atoms with van der Waals surface area (Å²) in [6.45, 7) is 4.90. The van der Waals surface area contributed by atoms with Crippen molar-refractivity contribution in [3.63, 3.8) is 0 Å². The molecule has 1 aliphatic carbocycles. The number of benzene rings is 2. The number of hydrogen-bond donors (Lipinski definition) is 4. The molecule has 51 heavy (non-hydrogen) atoms. The fourth-order valence-electron chi connectivity index (χ4n) is 7.10. The largest absolute Gasteiger partial charge is 0.393 e. The molecule has 2 aromatic heterocycles. The Kier molecular flexibility index (Phi) is 11.6. The SMILES string of the molecule is CSCC[C@@H]1NC(=O)CCCN(C(=O)c2ccc3c(c2)[nH]c(=O)n3C2CCC(O)CC2)CCn2nc(-c3ccccc3)nc2[C@@H](C(C)C)NC1=O. The molecule has 0 saturated heterocycles. The standard InChI is InChI=1S/C37H48N8O5S/c1-23(2)32-34-41-33(24-8-5-4-6-9-24)42-44(34)20-19-43(18-7-10-31(47)38-28(17-21-51-3)35(48)40-32)36(49)25-11-16-30-29(22-25)39-37(50)45(30)26-12-14-27(46)15-13-26/h4-6,8-9,11,16,22-23,26-28,32,46H,7,10,12-15,17-21H2,1-3H3,(H,38,47)(H,39,50)(H,40,48)/t26?,27?,28-,32+/m0/s1. The normalized spacial score (nSPS) is 22.3. The zero-order chi connectivity index (χ0) is 36.1. The van der Waals surface area contributed by atoms with Gasteiger partial charge in [-0.2, -0.15) is 16.9 Å². The van der Waals surface area contributed by atoms with E-state index in [4.69, 9.17) is 10.1 Å². The number of hydrogen-bond acceptors (Lipinski definition) is 8. The number of rotatable bonds is 7. The van der Waals surface area contributed by atoms with E-state index in [2.05, 4.69) is 15.6 Å². The summed E-state index contributed by atoms with van der Waals surface area (Å²) in [5.74, 6) is 1.01. The molecule has 1 fully saturated rings. The molecule has 1 saturated carbocycles. The lowest BCUT2D eigenvalue weighted by molar-refractivity contribution is -0.129. The number of fused-ring (bicyclic) bond motifs is 2. The summed E-state index contributed by atoms with van der Waals surface area (Å²) < 4.78 is 3.54. The van der Waals surface area contributed by atoms with E-state index >= 15 is 0 Å². The minimum absolute atomic E-state index is 0.0110. The molecule has 13 nitrogen and oxygen atoms in total. The van der Waals surface area contributed by atoms with Crippen LogP contribution in [-0.4, -0.2) is 89.3 Å². The van der Waals surface area contributed by atoms with Gasteiger partial charge in [0, 0.05) is 36.7 Å². The first-order chi connectivity index (χ1) is 24.6. The van der Waals surface area contributed by atoms with Crippen LogP contribution < -0.4 is 16.3 Å². The van der Waals surface area contributed by atoms with Gasteiger partial charge in [-0.25, -0.2) is 14.5 Å². The predicted molar refractivity (Wildman–Crippen MR) is 197 cm³/mol. The van der Waals surface area contributed by atoms with Crippen LogP contribution in [0.15, 0.2) is 53.3 Å². The molecule has 14 heteroatoms. The first kappa shape index (κ1) is 36.4. The van der Waals surface area contributed by atoms with E-state index in [0.29, 0.717) is 80.1 Å². The number of carbonyl (C=O) groups is 3. The third kappa shape index (κ3) is 8.39. The first-order valence-electron chi connectivity index (χ1n) is 17.9. The van der Waals surface area contributed by atoms with Crippen LogP contribution in [-0.2, 0) is 16.1 Å². The summed E-state index contributed by atoms with van der Waals surface area (Å²) >= 11 is 1.61. The lowest BCUT2D eigenvalue weighted by Crippen LogP contribution is -2.49. The molecular weight excluding hydrogens is 669 g/mol. The second-order valence-corrected chi connectivity index (χ2v) is 14.9. The number of aromatic nitrogens is 5. The van der Waals surface area contributed by atoms with Crippen molar-refractivity contribution >= 4 is 40.5 Å². The minimum atomic E-state index is -0.711. The number of amides is 3. The van der Waals surface area contributed by atoms with Gasteiger partial charge >= 0.3 is 5.69 Å². The highest BCUT2D eigenvalue weighted by Gasteiger charge is 2.31. The van der Waals surface area contributed by atoms with Crippen molar-refractivity contribution in [2.24, 2.45) is 5.92 Å². The van der Waals surface area contributed by atoms with Crippen LogP contribution in [0.5, 0.6) is 0 Å². The third-order valence-electron chi connectivity index (χ3n) is 9.93. The second-order valence-electron chi connectivity index (χ2n) is 13.9. The number of imidazole rings is 1. The Bertz CT molecular complexity index is 1900. The molecule has 1 aliphatic heterocycles. The summed E-state index contributed by atoms with van der Waals surface area (Å²) in [6.07, 6.45) is 5.38. The summed E-state index contributed by atoms with van der Waals surface area (Å²) in [6, 6.07) is 13.7. The minimum Gasteiger partial charge on any atom is -0.393 e. The number of aliphatic hydroxyl groups excluding tert-OH is 1. The van der Waals surface area contributed by atoms with E-state index in [9.17, 15) is 24.3 Å². The number of aromatic amines is 1. The molecule has 4 N–H and O–H groups in total. The lowest BCUT2D eigenvalue weighted by Gasteiger charge is -2.28. The molecule has 2 aromatic carbocycles. The fourth-order valence-corrected chi connectivity index (χ4v) is 7.57. The molecule has 0 unspecified atom stereocenters. The van der Waals surface area contributed by atoms with Crippen LogP contribution in [0.2, 0.25) is 0 Å². The summed E-state index contributed by atoms with van der Waals surface area (Å²) in [5, 5.41) is 21.0. The molecule has 4 aromatic rings. The lowest BCUT2D eigenvalue weighted by atomic mass is 9.93. The fraction of sp³-hybridized carbons (Fsp3) is 0.514. The molecule has 272 valence electrons. The summed E-state index contributed by atoms with van der Waals surface area (Å²) in [5.41, 5.74) is 2.34. The number of H-pyrrole nitrogens is 1. The second kappa shape index (κ2) is 16.3. The van der Waals surface area contributed by atoms with Gasteiger partial charge in [-0.05, 0) is 74.7 Å². The van der Waals surface area contributed by atoms with Gasteiger partial charge in [0.1, 0.15) is 6.04 Å². The van der Waals surface area contributed by atoms with Gasteiger partial charge in [-0.1, -0.05) is 44.2 Å². The average molecular weight is 717 g/mol. The summed E-state index contributed by atoms with van der Waals surface area (Å²) in [4.78, 5) is 63.7. The van der Waals surface area contributed by atoms with Crippen LogP contribution >= 0.6 is 11.8 Å². The maximum Gasteiger partial charge on any atom is 0.326 e. The molecule has 2 aliphatic rings. The molecule has 3 heterocycles. The maximum absolute atomic E-state index is 14.2. The van der Waals surface area contributed by atoms with Crippen molar-refractivity contribution in [2.45, 2.75) is 89.6 Å².